The first-order valence-corrected chi connectivity index (χ1v) is 8.57. The largest absolute Gasteiger partial charge is 0.497 e. The van der Waals surface area contributed by atoms with Crippen LogP contribution in [-0.2, 0) is 4.74 Å². The Bertz CT molecular complexity index is 995. The number of hydrogen-bond acceptors (Lipinski definition) is 6. The minimum atomic E-state index is -0.611. The summed E-state index contributed by atoms with van der Waals surface area (Å²) < 4.78 is 17.2. The molecule has 0 fully saturated rings. The van der Waals surface area contributed by atoms with Crippen LogP contribution in [0.1, 0.15) is 26.4 Å². The van der Waals surface area contributed by atoms with E-state index >= 15 is 0 Å². The number of benzene rings is 2. The Balaban J connectivity index is 1.71. The maximum absolute atomic E-state index is 12.5. The Morgan fingerprint density at radius 3 is 2.43 bits per heavy atom. The maximum Gasteiger partial charge on any atom is 0.342 e. The monoisotopic (exact) mass is 380 g/mol. The number of ketones is 1. The number of para-hydroxylation sites is 1. The highest BCUT2D eigenvalue weighted by Crippen LogP contribution is 2.25. The third-order valence-electron chi connectivity index (χ3n) is 4.27. The summed E-state index contributed by atoms with van der Waals surface area (Å²) in [5.74, 6) is -0.0655. The van der Waals surface area contributed by atoms with E-state index in [1.807, 2.05) is 30.3 Å². The quantitative estimate of drug-likeness (QED) is 0.462. The maximum atomic E-state index is 12.5. The van der Waals surface area contributed by atoms with E-state index in [-0.39, 0.29) is 5.78 Å². The Morgan fingerprint density at radius 1 is 1.00 bits per heavy atom. The number of ether oxygens (including phenoxy) is 3. The van der Waals surface area contributed by atoms with Crippen molar-refractivity contribution in [2.75, 3.05) is 20.8 Å². The number of hydrogen-bond donors (Lipinski definition) is 0. The predicted molar refractivity (Wildman–Crippen MR) is 102 cm³/mol. The summed E-state index contributed by atoms with van der Waals surface area (Å²) in [6.07, 6.45) is 1.43. The van der Waals surface area contributed by atoms with Crippen molar-refractivity contribution in [3.8, 4) is 17.2 Å². The van der Waals surface area contributed by atoms with Crippen LogP contribution < -0.4 is 9.47 Å². The van der Waals surface area contributed by atoms with Crippen molar-refractivity contribution >= 4 is 11.8 Å². The average molecular weight is 380 g/mol. The fourth-order valence-electron chi connectivity index (χ4n) is 2.75. The summed E-state index contributed by atoms with van der Waals surface area (Å²) >= 11 is 0. The van der Waals surface area contributed by atoms with Gasteiger partial charge in [-0.2, -0.15) is 5.10 Å². The van der Waals surface area contributed by atoms with Crippen molar-refractivity contribution in [2.24, 2.45) is 0 Å². The normalized spacial score (nSPS) is 10.4. The van der Waals surface area contributed by atoms with Gasteiger partial charge in [0.15, 0.2) is 6.61 Å². The van der Waals surface area contributed by atoms with Crippen LogP contribution in [-0.4, -0.2) is 42.4 Å². The van der Waals surface area contributed by atoms with E-state index in [0.29, 0.717) is 28.3 Å². The molecule has 2 aromatic carbocycles. The van der Waals surface area contributed by atoms with E-state index in [4.69, 9.17) is 14.2 Å². The lowest BCUT2D eigenvalue weighted by Crippen LogP contribution is -2.15. The first-order chi connectivity index (χ1) is 13.5. The molecule has 144 valence electrons. The van der Waals surface area contributed by atoms with Gasteiger partial charge >= 0.3 is 5.97 Å². The van der Waals surface area contributed by atoms with Gasteiger partial charge in [-0.25, -0.2) is 9.48 Å². The summed E-state index contributed by atoms with van der Waals surface area (Å²) in [4.78, 5) is 24.9. The summed E-state index contributed by atoms with van der Waals surface area (Å²) in [6, 6.07) is 14.3. The fraction of sp³-hybridized carbons (Fsp3) is 0.190. The van der Waals surface area contributed by atoms with Gasteiger partial charge in [-0.05, 0) is 31.2 Å². The second-order valence-electron chi connectivity index (χ2n) is 5.96. The van der Waals surface area contributed by atoms with Crippen molar-refractivity contribution < 1.29 is 23.8 Å². The Kier molecular flexibility index (Phi) is 5.74. The molecule has 3 rings (SSSR count). The molecule has 0 amide bonds. The minimum absolute atomic E-state index is 0.304. The molecule has 0 spiro atoms. The van der Waals surface area contributed by atoms with Crippen LogP contribution in [0.3, 0.4) is 0 Å². The van der Waals surface area contributed by atoms with Crippen LogP contribution in [0.5, 0.6) is 11.5 Å². The zero-order chi connectivity index (χ0) is 20.1. The highest BCUT2D eigenvalue weighted by Gasteiger charge is 2.20. The van der Waals surface area contributed by atoms with Crippen LogP contribution in [0.4, 0.5) is 0 Å². The third kappa shape index (κ3) is 3.88. The summed E-state index contributed by atoms with van der Waals surface area (Å²) in [7, 11) is 2.98. The van der Waals surface area contributed by atoms with Gasteiger partial charge < -0.3 is 14.2 Å². The predicted octanol–water partition coefficient (Wildman–Crippen LogP) is 3.24. The van der Waals surface area contributed by atoms with E-state index in [1.165, 1.54) is 20.4 Å². The number of rotatable bonds is 7. The first-order valence-electron chi connectivity index (χ1n) is 8.57. The molecule has 0 N–H and O–H groups in total. The number of esters is 1. The number of aromatic nitrogens is 2. The molecule has 0 atom stereocenters. The van der Waals surface area contributed by atoms with Crippen molar-refractivity contribution in [2.45, 2.75) is 6.92 Å². The van der Waals surface area contributed by atoms with Gasteiger partial charge in [-0.15, -0.1) is 0 Å². The van der Waals surface area contributed by atoms with Crippen molar-refractivity contribution in [1.29, 1.82) is 0 Å². The summed E-state index contributed by atoms with van der Waals surface area (Å²) in [5, 5.41) is 4.24. The van der Waals surface area contributed by atoms with Gasteiger partial charge in [0, 0.05) is 6.07 Å². The zero-order valence-corrected chi connectivity index (χ0v) is 15.8. The lowest BCUT2D eigenvalue weighted by Gasteiger charge is -2.10. The van der Waals surface area contributed by atoms with E-state index in [9.17, 15) is 9.59 Å². The van der Waals surface area contributed by atoms with Gasteiger partial charge in [-0.3, -0.25) is 4.79 Å². The van der Waals surface area contributed by atoms with Gasteiger partial charge in [0.2, 0.25) is 5.78 Å². The van der Waals surface area contributed by atoms with E-state index in [2.05, 4.69) is 5.10 Å². The summed E-state index contributed by atoms with van der Waals surface area (Å²) in [5.41, 5.74) is 2.08. The summed E-state index contributed by atoms with van der Waals surface area (Å²) in [6.45, 7) is 1.36. The lowest BCUT2D eigenvalue weighted by molar-refractivity contribution is 0.0473. The number of nitrogens with zero attached hydrogens (tertiary/aromatic N) is 2. The first kappa shape index (κ1) is 19.2. The molecule has 1 aromatic heterocycles. The second-order valence-corrected chi connectivity index (χ2v) is 5.96. The van der Waals surface area contributed by atoms with Crippen LogP contribution in [0.15, 0.2) is 54.7 Å². The topological polar surface area (TPSA) is 79.7 Å². The smallest absolute Gasteiger partial charge is 0.342 e. The molecular weight excluding hydrogens is 360 g/mol. The molecule has 0 aliphatic heterocycles. The Labute approximate surface area is 162 Å². The number of methoxy groups -OCH3 is 2. The SMILES string of the molecule is COc1ccc(C(=O)COC(=O)c2cnn(-c3ccccc3)c2C)c(OC)c1. The molecule has 0 saturated carbocycles. The van der Waals surface area contributed by atoms with Crippen LogP contribution in [0.2, 0.25) is 0 Å². The molecule has 7 nitrogen and oxygen atoms in total. The Morgan fingerprint density at radius 2 is 1.75 bits per heavy atom. The zero-order valence-electron chi connectivity index (χ0n) is 15.8. The molecule has 0 saturated heterocycles. The molecule has 0 radical (unpaired) electrons. The molecule has 1 heterocycles. The number of Topliss-reactive ketones (excluding diaryl/α,β-unsaturated/α-hetero) is 1. The molecular formula is C21H20N2O5. The molecule has 0 aliphatic carbocycles. The van der Waals surface area contributed by atoms with E-state index in [0.717, 1.165) is 5.69 Å². The standard InChI is InChI=1S/C21H20N2O5/c1-14-18(12-22-23(14)15-7-5-4-6-8-15)21(25)28-13-19(24)17-10-9-16(26-2)11-20(17)27-3/h4-12H,13H2,1-3H3. The second kappa shape index (κ2) is 8.39. The van der Waals surface area contributed by atoms with Crippen molar-refractivity contribution in [1.82, 2.24) is 9.78 Å². The molecule has 3 aromatic rings. The van der Waals surface area contributed by atoms with Gasteiger partial charge in [0.05, 0.1) is 37.4 Å². The van der Waals surface area contributed by atoms with Crippen LogP contribution in [0.25, 0.3) is 5.69 Å². The van der Waals surface area contributed by atoms with Gasteiger partial charge in [0.25, 0.3) is 0 Å². The fourth-order valence-corrected chi connectivity index (χ4v) is 2.75. The lowest BCUT2D eigenvalue weighted by atomic mass is 10.1. The van der Waals surface area contributed by atoms with Gasteiger partial charge in [0.1, 0.15) is 17.1 Å². The van der Waals surface area contributed by atoms with E-state index < -0.39 is 12.6 Å². The molecule has 7 heteroatoms. The third-order valence-corrected chi connectivity index (χ3v) is 4.27. The van der Waals surface area contributed by atoms with Gasteiger partial charge in [-0.1, -0.05) is 18.2 Å². The molecule has 28 heavy (non-hydrogen) atoms. The average Bonchev–Trinajstić information content (AvgIpc) is 3.13. The number of carbonyl (C=O) groups is 2. The van der Waals surface area contributed by atoms with Crippen LogP contribution >= 0.6 is 0 Å². The highest BCUT2D eigenvalue weighted by atomic mass is 16.5. The van der Waals surface area contributed by atoms with Crippen molar-refractivity contribution in [3.05, 3.63) is 71.5 Å². The van der Waals surface area contributed by atoms with Crippen molar-refractivity contribution in [3.63, 3.8) is 0 Å². The van der Waals surface area contributed by atoms with E-state index in [1.54, 1.807) is 29.8 Å². The number of carbonyl (C=O) groups excluding carboxylic acids is 2. The molecule has 0 bridgehead atoms. The Hall–Kier alpha value is -3.61. The molecule has 0 unspecified atom stereocenters. The minimum Gasteiger partial charge on any atom is -0.497 e. The van der Waals surface area contributed by atoms with Crippen LogP contribution in [0, 0.1) is 6.92 Å². The highest BCUT2D eigenvalue weighted by molar-refractivity contribution is 6.01. The molecule has 0 aliphatic rings.